The summed E-state index contributed by atoms with van der Waals surface area (Å²) in [5.74, 6) is 0. The molecule has 0 heterocycles. The lowest BCUT2D eigenvalue weighted by Gasteiger charge is -2.24. The molecule has 0 bridgehead atoms. The van der Waals surface area contributed by atoms with Crippen molar-refractivity contribution >= 4 is 0 Å². The minimum Gasteiger partial charge on any atom is -0.0616 e. The Kier molecular flexibility index (Phi) is 5.98. The largest absolute Gasteiger partial charge is 0.0616 e. The van der Waals surface area contributed by atoms with Crippen LogP contribution in [0.3, 0.4) is 0 Å². The first-order valence-corrected chi connectivity index (χ1v) is 16.7. The smallest absolute Gasteiger partial charge is 0.00928 e. The van der Waals surface area contributed by atoms with Gasteiger partial charge in [0.1, 0.15) is 0 Å². The van der Waals surface area contributed by atoms with Gasteiger partial charge in [-0.05, 0) is 112 Å². The molecule has 0 N–H and O–H groups in total. The SMILES string of the molecule is c1ccc2c(c1)-c1ccccc1-c1ccc(-c3ccc4c(c3)-c3ccccc3-c3ccccc3-c3ccccc3-4)cc1-c1ccccc1-2. The van der Waals surface area contributed by atoms with E-state index in [-0.39, 0.29) is 0 Å². The van der Waals surface area contributed by atoms with E-state index in [2.05, 4.69) is 182 Å². The van der Waals surface area contributed by atoms with Gasteiger partial charge >= 0.3 is 0 Å². The quantitative estimate of drug-likeness (QED) is 0.174. The number of hydrogen-bond acceptors (Lipinski definition) is 0. The Morgan fingerprint density at radius 1 is 0.146 bits per heavy atom. The maximum atomic E-state index is 2.42. The van der Waals surface area contributed by atoms with Crippen molar-refractivity contribution in [2.45, 2.75) is 0 Å². The molecule has 8 aromatic carbocycles. The second-order valence-corrected chi connectivity index (χ2v) is 12.8. The van der Waals surface area contributed by atoms with Gasteiger partial charge < -0.3 is 0 Å². The van der Waals surface area contributed by atoms with E-state index < -0.39 is 0 Å². The van der Waals surface area contributed by atoms with Gasteiger partial charge in [-0.1, -0.05) is 170 Å². The zero-order chi connectivity index (χ0) is 31.6. The second-order valence-electron chi connectivity index (χ2n) is 12.8. The molecule has 0 radical (unpaired) electrons. The van der Waals surface area contributed by atoms with Crippen molar-refractivity contribution in [1.29, 1.82) is 0 Å². The maximum Gasteiger partial charge on any atom is -0.00928 e. The predicted molar refractivity (Wildman–Crippen MR) is 202 cm³/mol. The number of hydrogen-bond donors (Lipinski definition) is 0. The first kappa shape index (κ1) is 26.9. The molecule has 0 atom stereocenters. The van der Waals surface area contributed by atoms with Gasteiger partial charge in [0.05, 0.1) is 0 Å². The standard InChI is InChI=1S/C48H30/c1-3-15-35-33(13-1)37-17-5-7-21-41(37)45-27-25-31(29-47(45)43-23-11-9-19-39(35)43)32-26-28-46-42-22-8-6-18-38(42)34-14-2-4-16-36(34)40-20-10-12-24-44(40)48(46)30-32/h1-30H. The van der Waals surface area contributed by atoms with E-state index >= 15 is 0 Å². The van der Waals surface area contributed by atoms with Crippen LogP contribution in [0.5, 0.6) is 0 Å². The molecule has 0 fully saturated rings. The molecule has 0 nitrogen and oxygen atoms in total. The molecule has 222 valence electrons. The number of rotatable bonds is 1. The van der Waals surface area contributed by atoms with E-state index in [0.29, 0.717) is 0 Å². The van der Waals surface area contributed by atoms with Gasteiger partial charge in [0.15, 0.2) is 0 Å². The van der Waals surface area contributed by atoms with Crippen molar-refractivity contribution in [1.82, 2.24) is 0 Å². The summed E-state index contributed by atoms with van der Waals surface area (Å²) in [4.78, 5) is 0. The highest BCUT2D eigenvalue weighted by Gasteiger charge is 2.24. The maximum absolute atomic E-state index is 2.42. The van der Waals surface area contributed by atoms with Gasteiger partial charge in [-0.25, -0.2) is 0 Å². The average molecular weight is 607 g/mol. The first-order chi connectivity index (χ1) is 23.8. The minimum atomic E-state index is 1.21. The van der Waals surface area contributed by atoms with Crippen LogP contribution in [0.1, 0.15) is 0 Å². The van der Waals surface area contributed by atoms with E-state index in [1.54, 1.807) is 0 Å². The van der Waals surface area contributed by atoms with Crippen molar-refractivity contribution < 1.29 is 0 Å². The molecule has 0 aliphatic heterocycles. The summed E-state index contributed by atoms with van der Waals surface area (Å²) in [5, 5.41) is 0. The fraction of sp³-hybridized carbons (Fsp3) is 0. The normalized spacial score (nSPS) is 11.8. The Labute approximate surface area is 281 Å². The fourth-order valence-corrected chi connectivity index (χ4v) is 8.08. The van der Waals surface area contributed by atoms with Crippen LogP contribution in [0.25, 0.3) is 100 Å². The molecule has 10 rings (SSSR count). The molecule has 2 aliphatic carbocycles. The highest BCUT2D eigenvalue weighted by Crippen LogP contribution is 2.50. The molecule has 0 spiro atoms. The molecule has 0 amide bonds. The topological polar surface area (TPSA) is 0 Å². The van der Waals surface area contributed by atoms with Crippen molar-refractivity contribution in [3.63, 3.8) is 0 Å². The van der Waals surface area contributed by atoms with Crippen LogP contribution in [0.4, 0.5) is 0 Å². The predicted octanol–water partition coefficient (Wildman–Crippen LogP) is 13.3. The zero-order valence-electron chi connectivity index (χ0n) is 26.3. The van der Waals surface area contributed by atoms with Gasteiger partial charge in [0.25, 0.3) is 0 Å². The van der Waals surface area contributed by atoms with Crippen molar-refractivity contribution in [3.8, 4) is 100 Å². The van der Waals surface area contributed by atoms with Gasteiger partial charge in [-0.3, -0.25) is 0 Å². The molecule has 0 aromatic heterocycles. The van der Waals surface area contributed by atoms with Gasteiger partial charge in [0, 0.05) is 0 Å². The van der Waals surface area contributed by atoms with Gasteiger partial charge in [-0.2, -0.15) is 0 Å². The average Bonchev–Trinajstić information content (AvgIpc) is 3.16. The molecule has 8 aromatic rings. The third-order valence-corrected chi connectivity index (χ3v) is 10.3. The Balaban J connectivity index is 1.22. The Morgan fingerprint density at radius 2 is 0.312 bits per heavy atom. The van der Waals surface area contributed by atoms with Crippen molar-refractivity contribution in [2.24, 2.45) is 0 Å². The van der Waals surface area contributed by atoms with Crippen LogP contribution in [0.15, 0.2) is 182 Å². The number of fused-ring (bicyclic) bond motifs is 16. The van der Waals surface area contributed by atoms with Crippen LogP contribution in [-0.2, 0) is 0 Å². The minimum absolute atomic E-state index is 1.21. The van der Waals surface area contributed by atoms with E-state index in [1.807, 2.05) is 0 Å². The molecule has 48 heavy (non-hydrogen) atoms. The Hall–Kier alpha value is -6.24. The summed E-state index contributed by atoms with van der Waals surface area (Å²) < 4.78 is 0. The lowest BCUT2D eigenvalue weighted by molar-refractivity contribution is 1.50. The van der Waals surface area contributed by atoms with Crippen LogP contribution < -0.4 is 0 Å². The lowest BCUT2D eigenvalue weighted by Crippen LogP contribution is -1.98. The second kappa shape index (κ2) is 10.7. The van der Waals surface area contributed by atoms with E-state index in [1.165, 1.54) is 100 Å². The van der Waals surface area contributed by atoms with Gasteiger partial charge in [-0.15, -0.1) is 0 Å². The fourth-order valence-electron chi connectivity index (χ4n) is 8.08. The van der Waals surface area contributed by atoms with Crippen LogP contribution in [-0.4, -0.2) is 0 Å². The highest BCUT2D eigenvalue weighted by molar-refractivity contribution is 6.06. The Morgan fingerprint density at radius 3 is 0.521 bits per heavy atom. The van der Waals surface area contributed by atoms with Crippen LogP contribution in [0, 0.1) is 0 Å². The third-order valence-electron chi connectivity index (χ3n) is 10.3. The number of benzene rings is 8. The van der Waals surface area contributed by atoms with Crippen LogP contribution >= 0.6 is 0 Å². The molecule has 0 unspecified atom stereocenters. The van der Waals surface area contributed by atoms with Crippen molar-refractivity contribution in [3.05, 3.63) is 182 Å². The zero-order valence-corrected chi connectivity index (χ0v) is 26.3. The molecular formula is C48H30. The summed E-state index contributed by atoms with van der Waals surface area (Å²) in [6.07, 6.45) is 0. The first-order valence-electron chi connectivity index (χ1n) is 16.7. The van der Waals surface area contributed by atoms with E-state index in [4.69, 9.17) is 0 Å². The molecule has 0 heteroatoms. The lowest BCUT2D eigenvalue weighted by atomic mass is 9.79. The molecule has 0 saturated carbocycles. The molecule has 0 saturated heterocycles. The summed E-state index contributed by atoms with van der Waals surface area (Å²) in [7, 11) is 0. The summed E-state index contributed by atoms with van der Waals surface area (Å²) in [5.41, 5.74) is 22.7. The summed E-state index contributed by atoms with van der Waals surface area (Å²) in [6, 6.07) is 67.3. The summed E-state index contributed by atoms with van der Waals surface area (Å²) >= 11 is 0. The molecule has 2 aliphatic rings. The van der Waals surface area contributed by atoms with Crippen LogP contribution in [0.2, 0.25) is 0 Å². The third kappa shape index (κ3) is 4.03. The van der Waals surface area contributed by atoms with E-state index in [9.17, 15) is 0 Å². The van der Waals surface area contributed by atoms with Crippen molar-refractivity contribution in [2.75, 3.05) is 0 Å². The van der Waals surface area contributed by atoms with E-state index in [0.717, 1.165) is 0 Å². The highest BCUT2D eigenvalue weighted by atomic mass is 14.3. The molecular weight excluding hydrogens is 577 g/mol. The summed E-state index contributed by atoms with van der Waals surface area (Å²) in [6.45, 7) is 0. The monoisotopic (exact) mass is 606 g/mol. The van der Waals surface area contributed by atoms with Gasteiger partial charge in [0.2, 0.25) is 0 Å². The Bertz CT molecular complexity index is 2370.